The predicted molar refractivity (Wildman–Crippen MR) is 109 cm³/mol. The van der Waals surface area contributed by atoms with Gasteiger partial charge in [-0.3, -0.25) is 4.68 Å². The van der Waals surface area contributed by atoms with Gasteiger partial charge in [0.25, 0.3) is 0 Å². The van der Waals surface area contributed by atoms with E-state index in [1.54, 1.807) is 18.2 Å². The van der Waals surface area contributed by atoms with E-state index < -0.39 is 12.2 Å². The van der Waals surface area contributed by atoms with Gasteiger partial charge in [0.15, 0.2) is 0 Å². The van der Waals surface area contributed by atoms with Crippen LogP contribution in [0, 0.1) is 5.92 Å². The Bertz CT molecular complexity index is 1060. The fraction of sp³-hybridized carbons (Fsp3) is 0.333. The van der Waals surface area contributed by atoms with E-state index in [1.165, 1.54) is 0 Å². The van der Waals surface area contributed by atoms with Crippen LogP contribution < -0.4 is 4.90 Å². The molecule has 0 spiro atoms. The van der Waals surface area contributed by atoms with Crippen LogP contribution in [0.5, 0.6) is 0 Å². The van der Waals surface area contributed by atoms with E-state index in [0.717, 1.165) is 34.3 Å². The molecule has 1 aliphatic heterocycles. The van der Waals surface area contributed by atoms with Crippen molar-refractivity contribution in [1.29, 1.82) is 0 Å². The standard InChI is InChI=1S/C21H22ClN3O3/c1-12(2)10-25-20-15(9-23-25)6-17(22)7-16(20)11-24-18-4-3-13(21(27)28)5-14(18)8-19(24)26/h3-7,9,12,19,26H,8,10-11H2,1-2H3,(H,27,28). The van der Waals surface area contributed by atoms with E-state index in [1.807, 2.05) is 27.9 Å². The number of aliphatic hydroxyl groups is 1. The first-order chi connectivity index (χ1) is 13.3. The molecule has 2 N–H and O–H groups in total. The van der Waals surface area contributed by atoms with Crippen LogP contribution in [-0.2, 0) is 19.5 Å². The van der Waals surface area contributed by atoms with E-state index in [-0.39, 0.29) is 5.56 Å². The highest BCUT2D eigenvalue weighted by Crippen LogP contribution is 2.35. The number of aliphatic hydroxyl groups excluding tert-OH is 1. The summed E-state index contributed by atoms with van der Waals surface area (Å²) in [6, 6.07) is 8.79. The molecule has 1 aliphatic rings. The first-order valence-electron chi connectivity index (χ1n) is 9.28. The fourth-order valence-electron chi connectivity index (χ4n) is 3.89. The van der Waals surface area contributed by atoms with Gasteiger partial charge in [-0.05, 0) is 47.4 Å². The third kappa shape index (κ3) is 3.34. The van der Waals surface area contributed by atoms with Crippen LogP contribution in [0.25, 0.3) is 10.9 Å². The van der Waals surface area contributed by atoms with Crippen molar-refractivity contribution in [3.05, 3.63) is 58.2 Å². The number of hydrogen-bond donors (Lipinski definition) is 2. The zero-order valence-corrected chi connectivity index (χ0v) is 16.5. The molecule has 2 heterocycles. The Morgan fingerprint density at radius 3 is 2.82 bits per heavy atom. The first kappa shape index (κ1) is 18.8. The van der Waals surface area contributed by atoms with E-state index in [2.05, 4.69) is 18.9 Å². The van der Waals surface area contributed by atoms with Gasteiger partial charge in [-0.1, -0.05) is 25.4 Å². The van der Waals surface area contributed by atoms with Crippen LogP contribution in [-0.4, -0.2) is 32.2 Å². The van der Waals surface area contributed by atoms with Crippen LogP contribution in [0.15, 0.2) is 36.5 Å². The lowest BCUT2D eigenvalue weighted by Gasteiger charge is -2.25. The molecule has 1 atom stereocenters. The maximum Gasteiger partial charge on any atom is 0.335 e. The SMILES string of the molecule is CC(C)Cn1ncc2cc(Cl)cc(CN3c4ccc(C(=O)O)cc4CC3O)c21. The largest absolute Gasteiger partial charge is 0.478 e. The minimum atomic E-state index is -0.968. The van der Waals surface area contributed by atoms with Crippen LogP contribution in [0.2, 0.25) is 5.02 Å². The molecule has 4 rings (SSSR count). The third-order valence-electron chi connectivity index (χ3n) is 5.05. The Labute approximate surface area is 168 Å². The highest BCUT2D eigenvalue weighted by atomic mass is 35.5. The summed E-state index contributed by atoms with van der Waals surface area (Å²) in [6.45, 7) is 5.54. The van der Waals surface area contributed by atoms with Gasteiger partial charge >= 0.3 is 5.97 Å². The summed E-state index contributed by atoms with van der Waals surface area (Å²) >= 11 is 6.33. The summed E-state index contributed by atoms with van der Waals surface area (Å²) in [6.07, 6.45) is 1.50. The number of aromatic carboxylic acids is 1. The molecule has 7 heteroatoms. The quantitative estimate of drug-likeness (QED) is 0.679. The Hall–Kier alpha value is -2.57. The van der Waals surface area contributed by atoms with Gasteiger partial charge in [0.2, 0.25) is 0 Å². The second-order valence-corrected chi connectivity index (χ2v) is 8.12. The molecule has 6 nitrogen and oxygen atoms in total. The van der Waals surface area contributed by atoms with Crippen LogP contribution in [0.4, 0.5) is 5.69 Å². The van der Waals surface area contributed by atoms with Gasteiger partial charge in [-0.25, -0.2) is 4.79 Å². The molecule has 0 fully saturated rings. The molecule has 0 aliphatic carbocycles. The number of benzene rings is 2. The number of carboxylic acid groups (broad SMARTS) is 1. The monoisotopic (exact) mass is 399 g/mol. The van der Waals surface area contributed by atoms with Crippen LogP contribution in [0.3, 0.4) is 0 Å². The van der Waals surface area contributed by atoms with Crippen LogP contribution in [0.1, 0.15) is 35.3 Å². The van der Waals surface area contributed by atoms with Gasteiger partial charge < -0.3 is 15.1 Å². The Morgan fingerprint density at radius 2 is 2.11 bits per heavy atom. The van der Waals surface area contributed by atoms with Crippen LogP contribution >= 0.6 is 11.6 Å². The Balaban J connectivity index is 1.75. The van der Waals surface area contributed by atoms with Crippen molar-refractivity contribution in [2.24, 2.45) is 5.92 Å². The molecule has 3 aromatic rings. The van der Waals surface area contributed by atoms with Gasteiger partial charge in [-0.15, -0.1) is 0 Å². The lowest BCUT2D eigenvalue weighted by atomic mass is 10.1. The van der Waals surface area contributed by atoms with Crippen molar-refractivity contribution < 1.29 is 15.0 Å². The summed E-state index contributed by atoms with van der Waals surface area (Å²) in [5, 5.41) is 26.0. The summed E-state index contributed by atoms with van der Waals surface area (Å²) in [5.41, 5.74) is 3.91. The minimum absolute atomic E-state index is 0.230. The lowest BCUT2D eigenvalue weighted by molar-refractivity contribution is 0.0696. The smallest absolute Gasteiger partial charge is 0.335 e. The predicted octanol–water partition coefficient (Wildman–Crippen LogP) is 3.93. The molecular weight excluding hydrogens is 378 g/mol. The van der Waals surface area contributed by atoms with Gasteiger partial charge in [0.1, 0.15) is 6.23 Å². The Kier molecular flexibility index (Phi) is 4.77. The van der Waals surface area contributed by atoms with Crippen molar-refractivity contribution in [2.75, 3.05) is 4.90 Å². The molecular formula is C21H22ClN3O3. The van der Waals surface area contributed by atoms with E-state index in [4.69, 9.17) is 11.6 Å². The number of anilines is 1. The van der Waals surface area contributed by atoms with Gasteiger partial charge in [0.05, 0.1) is 17.3 Å². The lowest BCUT2D eigenvalue weighted by Crippen LogP contribution is -2.31. The molecule has 0 bridgehead atoms. The summed E-state index contributed by atoms with van der Waals surface area (Å²) in [5.74, 6) is -0.524. The first-order valence-corrected chi connectivity index (χ1v) is 9.66. The number of carboxylic acids is 1. The average Bonchev–Trinajstić information content (AvgIpc) is 3.15. The molecule has 0 saturated heterocycles. The summed E-state index contributed by atoms with van der Waals surface area (Å²) in [4.78, 5) is 13.1. The molecule has 0 saturated carbocycles. The summed E-state index contributed by atoms with van der Waals surface area (Å²) < 4.78 is 1.99. The number of nitrogens with zero attached hydrogens (tertiary/aromatic N) is 3. The maximum atomic E-state index is 11.2. The van der Waals surface area contributed by atoms with Crippen molar-refractivity contribution in [1.82, 2.24) is 9.78 Å². The molecule has 1 aromatic heterocycles. The fourth-order valence-corrected chi connectivity index (χ4v) is 4.14. The molecule has 146 valence electrons. The topological polar surface area (TPSA) is 78.6 Å². The Morgan fingerprint density at radius 1 is 1.32 bits per heavy atom. The van der Waals surface area contributed by atoms with E-state index >= 15 is 0 Å². The normalized spacial score (nSPS) is 16.2. The summed E-state index contributed by atoms with van der Waals surface area (Å²) in [7, 11) is 0. The number of aromatic nitrogens is 2. The number of fused-ring (bicyclic) bond motifs is 2. The molecule has 0 amide bonds. The number of rotatable bonds is 5. The number of halogens is 1. The van der Waals surface area contributed by atoms with Crippen molar-refractivity contribution in [3.8, 4) is 0 Å². The maximum absolute atomic E-state index is 11.2. The molecule has 0 radical (unpaired) electrons. The van der Waals surface area contributed by atoms with Crippen molar-refractivity contribution in [3.63, 3.8) is 0 Å². The van der Waals surface area contributed by atoms with Crippen molar-refractivity contribution >= 4 is 34.2 Å². The second kappa shape index (κ2) is 7.11. The highest BCUT2D eigenvalue weighted by Gasteiger charge is 2.29. The highest BCUT2D eigenvalue weighted by molar-refractivity contribution is 6.31. The van der Waals surface area contributed by atoms with E-state index in [0.29, 0.717) is 23.9 Å². The van der Waals surface area contributed by atoms with Gasteiger partial charge in [0, 0.05) is 35.6 Å². The van der Waals surface area contributed by atoms with E-state index in [9.17, 15) is 15.0 Å². The molecule has 1 unspecified atom stereocenters. The minimum Gasteiger partial charge on any atom is -0.478 e. The molecule has 28 heavy (non-hydrogen) atoms. The third-order valence-corrected chi connectivity index (χ3v) is 5.27. The second-order valence-electron chi connectivity index (χ2n) is 7.68. The molecule has 2 aromatic carbocycles. The van der Waals surface area contributed by atoms with Gasteiger partial charge in [-0.2, -0.15) is 5.10 Å². The number of carbonyl (C=O) groups is 1. The number of hydrogen-bond acceptors (Lipinski definition) is 4. The average molecular weight is 400 g/mol. The zero-order valence-electron chi connectivity index (χ0n) is 15.8. The zero-order chi connectivity index (χ0) is 20.0. The van der Waals surface area contributed by atoms with Crippen molar-refractivity contribution in [2.45, 2.75) is 39.6 Å².